The number of thioether (sulfide) groups is 1. The molecule has 1 aliphatic heterocycles. The third-order valence-corrected chi connectivity index (χ3v) is 6.26. The van der Waals surface area contributed by atoms with E-state index >= 15 is 0 Å². The number of amides is 2. The Morgan fingerprint density at radius 3 is 2.46 bits per heavy atom. The van der Waals surface area contributed by atoms with Crippen LogP contribution in [0.3, 0.4) is 0 Å². The summed E-state index contributed by atoms with van der Waals surface area (Å²) in [6.07, 6.45) is 0. The smallest absolute Gasteiger partial charge is 0.279 e. The van der Waals surface area contributed by atoms with Gasteiger partial charge in [0.05, 0.1) is 37.0 Å². The molecule has 0 spiro atoms. The zero-order valence-electron chi connectivity index (χ0n) is 15.9. The molecule has 1 fully saturated rings. The summed E-state index contributed by atoms with van der Waals surface area (Å²) >= 11 is 7.61. The fourth-order valence-corrected chi connectivity index (χ4v) is 4.25. The number of carbonyl (C=O) groups is 2. The Morgan fingerprint density at radius 1 is 1.11 bits per heavy atom. The molecule has 1 aliphatic rings. The van der Waals surface area contributed by atoms with Gasteiger partial charge in [-0.1, -0.05) is 41.4 Å². The summed E-state index contributed by atoms with van der Waals surface area (Å²) in [5, 5.41) is 3.61. The van der Waals surface area contributed by atoms with Gasteiger partial charge in [0.1, 0.15) is 0 Å². The minimum atomic E-state index is 0.00732. The summed E-state index contributed by atoms with van der Waals surface area (Å²) in [6.45, 7) is 5.35. The molecule has 0 bridgehead atoms. The van der Waals surface area contributed by atoms with Crippen LogP contribution >= 0.6 is 23.4 Å². The van der Waals surface area contributed by atoms with Crippen molar-refractivity contribution >= 4 is 40.9 Å². The highest BCUT2D eigenvalue weighted by Gasteiger charge is 2.25. The summed E-state index contributed by atoms with van der Waals surface area (Å²) in [4.78, 5) is 28.7. The second-order valence-electron chi connectivity index (χ2n) is 6.94. The lowest BCUT2D eigenvalue weighted by Gasteiger charge is -2.31. The van der Waals surface area contributed by atoms with Crippen molar-refractivity contribution in [3.8, 4) is 0 Å². The zero-order valence-corrected chi connectivity index (χ0v) is 17.5. The number of carbonyl (C=O) groups excluding carboxylic acids is 2. The van der Waals surface area contributed by atoms with E-state index in [0.717, 1.165) is 29.2 Å². The molecule has 0 radical (unpaired) electrons. The van der Waals surface area contributed by atoms with Crippen LogP contribution in [0.15, 0.2) is 53.4 Å². The molecule has 7 heteroatoms. The molecule has 2 amide bonds. The van der Waals surface area contributed by atoms with Gasteiger partial charge in [0.2, 0.25) is 5.91 Å². The van der Waals surface area contributed by atoms with Crippen LogP contribution in [0.4, 0.5) is 5.69 Å². The van der Waals surface area contributed by atoms with Gasteiger partial charge in [-0.3, -0.25) is 9.59 Å². The normalized spacial score (nSPS) is 14.7. The van der Waals surface area contributed by atoms with E-state index in [4.69, 9.17) is 11.6 Å². The van der Waals surface area contributed by atoms with Crippen LogP contribution in [0.1, 0.15) is 5.56 Å². The van der Waals surface area contributed by atoms with Gasteiger partial charge >= 0.3 is 0 Å². The summed E-state index contributed by atoms with van der Waals surface area (Å²) < 4.78 is 0. The maximum Gasteiger partial charge on any atom is 0.279 e. The predicted molar refractivity (Wildman–Crippen MR) is 114 cm³/mol. The van der Waals surface area contributed by atoms with Crippen LogP contribution in [0.2, 0.25) is 5.02 Å². The largest absolute Gasteiger partial charge is 0.331 e. The Hall–Kier alpha value is -2.02. The molecule has 0 aliphatic carbocycles. The first-order valence-corrected chi connectivity index (χ1v) is 10.7. The highest BCUT2D eigenvalue weighted by atomic mass is 35.5. The maximum absolute atomic E-state index is 12.5. The molecule has 2 aromatic rings. The second kappa shape index (κ2) is 9.96. The minimum Gasteiger partial charge on any atom is -0.331 e. The molecule has 0 saturated carbocycles. The van der Waals surface area contributed by atoms with Crippen molar-refractivity contribution in [3.63, 3.8) is 0 Å². The van der Waals surface area contributed by atoms with E-state index in [1.54, 1.807) is 0 Å². The fourth-order valence-electron chi connectivity index (χ4n) is 3.11. The summed E-state index contributed by atoms with van der Waals surface area (Å²) in [5.41, 5.74) is 1.98. The van der Waals surface area contributed by atoms with Gasteiger partial charge in [0.25, 0.3) is 5.91 Å². The molecule has 1 heterocycles. The van der Waals surface area contributed by atoms with Crippen LogP contribution in [0.5, 0.6) is 0 Å². The standard InChI is InChI=1S/C21H24ClN3O2S/c1-16-6-8-17(9-7-16)23-20(26)14-24-10-12-25(13-11-24)21(27)15-28-19-5-3-2-4-18(19)22/h2-9H,10-15H2,1H3,(H,23,26)/p+1. The molecule has 0 atom stereocenters. The Kier molecular flexibility index (Phi) is 7.36. The molecule has 5 nitrogen and oxygen atoms in total. The Bertz CT molecular complexity index is 821. The second-order valence-corrected chi connectivity index (χ2v) is 8.37. The first-order chi connectivity index (χ1) is 13.5. The van der Waals surface area contributed by atoms with E-state index in [0.29, 0.717) is 30.4 Å². The number of anilines is 1. The molecule has 0 aromatic heterocycles. The van der Waals surface area contributed by atoms with Crippen molar-refractivity contribution in [1.82, 2.24) is 4.90 Å². The van der Waals surface area contributed by atoms with E-state index in [-0.39, 0.29) is 11.8 Å². The zero-order chi connectivity index (χ0) is 19.9. The van der Waals surface area contributed by atoms with Crippen molar-refractivity contribution in [3.05, 3.63) is 59.1 Å². The molecule has 2 N–H and O–H groups in total. The van der Waals surface area contributed by atoms with E-state index in [1.165, 1.54) is 16.7 Å². The summed E-state index contributed by atoms with van der Waals surface area (Å²) in [7, 11) is 0. The molecule has 3 rings (SSSR count). The Balaban J connectivity index is 1.40. The Morgan fingerprint density at radius 2 is 1.79 bits per heavy atom. The van der Waals surface area contributed by atoms with Crippen molar-refractivity contribution in [2.24, 2.45) is 0 Å². The summed E-state index contributed by atoms with van der Waals surface area (Å²) in [6, 6.07) is 15.3. The number of quaternary nitrogens is 1. The predicted octanol–water partition coefficient (Wildman–Crippen LogP) is 2.11. The highest BCUT2D eigenvalue weighted by molar-refractivity contribution is 8.00. The number of halogens is 1. The number of nitrogens with one attached hydrogen (secondary N) is 2. The number of hydrogen-bond donors (Lipinski definition) is 2. The molecule has 1 saturated heterocycles. The van der Waals surface area contributed by atoms with Gasteiger partial charge in [-0.2, -0.15) is 0 Å². The molecule has 28 heavy (non-hydrogen) atoms. The van der Waals surface area contributed by atoms with Gasteiger partial charge in [0.15, 0.2) is 6.54 Å². The van der Waals surface area contributed by atoms with E-state index in [1.807, 2.05) is 60.4 Å². The van der Waals surface area contributed by atoms with Crippen molar-refractivity contribution in [1.29, 1.82) is 0 Å². The number of piperazine rings is 1. The average Bonchev–Trinajstić information content (AvgIpc) is 2.69. The minimum absolute atomic E-state index is 0.00732. The van der Waals surface area contributed by atoms with Gasteiger partial charge in [-0.15, -0.1) is 11.8 Å². The van der Waals surface area contributed by atoms with Gasteiger partial charge in [-0.05, 0) is 31.2 Å². The van der Waals surface area contributed by atoms with E-state index in [2.05, 4.69) is 5.32 Å². The third kappa shape index (κ3) is 5.99. The van der Waals surface area contributed by atoms with Crippen LogP contribution in [0.25, 0.3) is 0 Å². The first kappa shape index (κ1) is 20.7. The number of rotatable bonds is 6. The van der Waals surface area contributed by atoms with Crippen LogP contribution in [-0.4, -0.2) is 55.2 Å². The molecular weight excluding hydrogens is 394 g/mol. The molecular formula is C21H25ClN3O2S+. The van der Waals surface area contributed by atoms with Crippen LogP contribution in [-0.2, 0) is 9.59 Å². The van der Waals surface area contributed by atoms with Crippen molar-refractivity contribution < 1.29 is 14.5 Å². The number of aryl methyl sites for hydroxylation is 1. The lowest BCUT2D eigenvalue weighted by molar-refractivity contribution is -0.895. The quantitative estimate of drug-likeness (QED) is 0.706. The summed E-state index contributed by atoms with van der Waals surface area (Å²) in [5.74, 6) is 0.508. The lowest BCUT2D eigenvalue weighted by atomic mass is 10.2. The van der Waals surface area contributed by atoms with Gasteiger partial charge in [-0.25, -0.2) is 0 Å². The Labute approximate surface area is 175 Å². The third-order valence-electron chi connectivity index (χ3n) is 4.76. The average molecular weight is 419 g/mol. The van der Waals surface area contributed by atoms with E-state index in [9.17, 15) is 9.59 Å². The van der Waals surface area contributed by atoms with Crippen molar-refractivity contribution in [2.75, 3.05) is 43.8 Å². The van der Waals surface area contributed by atoms with Crippen LogP contribution in [0, 0.1) is 6.92 Å². The van der Waals surface area contributed by atoms with Gasteiger partial charge < -0.3 is 15.1 Å². The molecule has 148 valence electrons. The SMILES string of the molecule is Cc1ccc(NC(=O)C[NH+]2CCN(C(=O)CSc3ccccc3Cl)CC2)cc1. The van der Waals surface area contributed by atoms with Gasteiger partial charge in [0, 0.05) is 10.6 Å². The molecule has 0 unspecified atom stereocenters. The number of benzene rings is 2. The first-order valence-electron chi connectivity index (χ1n) is 9.36. The fraction of sp³-hybridized carbons (Fsp3) is 0.333. The highest BCUT2D eigenvalue weighted by Crippen LogP contribution is 2.26. The topological polar surface area (TPSA) is 53.9 Å². The van der Waals surface area contributed by atoms with Crippen LogP contribution < -0.4 is 10.2 Å². The number of nitrogens with zero attached hydrogens (tertiary/aromatic N) is 1. The van der Waals surface area contributed by atoms with Crippen molar-refractivity contribution in [2.45, 2.75) is 11.8 Å². The monoisotopic (exact) mass is 418 g/mol. The number of hydrogen-bond acceptors (Lipinski definition) is 3. The lowest BCUT2D eigenvalue weighted by Crippen LogP contribution is -3.15. The maximum atomic E-state index is 12.5. The molecule has 2 aromatic carbocycles. The van der Waals surface area contributed by atoms with E-state index < -0.39 is 0 Å².